The van der Waals surface area contributed by atoms with Crippen molar-refractivity contribution in [1.29, 1.82) is 0 Å². The van der Waals surface area contributed by atoms with Crippen LogP contribution in [0.15, 0.2) is 54.6 Å². The predicted molar refractivity (Wildman–Crippen MR) is 112 cm³/mol. The zero-order valence-electron chi connectivity index (χ0n) is 15.5. The highest BCUT2D eigenvalue weighted by atomic mass is 35.5. The molecule has 2 aliphatic rings. The van der Waals surface area contributed by atoms with E-state index in [1.807, 2.05) is 18.2 Å². The minimum Gasteiger partial charge on any atom is -0.336 e. The number of carbonyl (C=O) groups is 2. The van der Waals surface area contributed by atoms with Crippen LogP contribution in [0.5, 0.6) is 0 Å². The molecule has 0 spiro atoms. The fourth-order valence-electron chi connectivity index (χ4n) is 3.54. The Morgan fingerprint density at radius 2 is 1.75 bits per heavy atom. The third kappa shape index (κ3) is 4.64. The molecule has 7 heteroatoms. The highest BCUT2D eigenvalue weighted by molar-refractivity contribution is 5.97. The maximum Gasteiger partial charge on any atom is 0.319 e. The Hall–Kier alpha value is -2.57. The molecule has 1 aliphatic heterocycles. The maximum absolute atomic E-state index is 12.9. The van der Waals surface area contributed by atoms with Gasteiger partial charge in [0.2, 0.25) is 0 Å². The Labute approximate surface area is 170 Å². The average molecular weight is 401 g/mol. The summed E-state index contributed by atoms with van der Waals surface area (Å²) >= 11 is 0. The van der Waals surface area contributed by atoms with E-state index in [0.29, 0.717) is 24.3 Å². The number of nitrogens with two attached hydrogens (primary N) is 1. The van der Waals surface area contributed by atoms with Gasteiger partial charge in [0, 0.05) is 42.3 Å². The van der Waals surface area contributed by atoms with Crippen molar-refractivity contribution in [3.8, 4) is 0 Å². The van der Waals surface area contributed by atoms with Crippen LogP contribution in [0.25, 0.3) is 0 Å². The van der Waals surface area contributed by atoms with E-state index in [1.165, 1.54) is 0 Å². The first-order valence-electron chi connectivity index (χ1n) is 9.37. The molecular weight excluding hydrogens is 376 g/mol. The lowest BCUT2D eigenvalue weighted by atomic mass is 9.95. The molecule has 2 aromatic carbocycles. The molecule has 1 saturated heterocycles. The number of hydrogen-bond donors (Lipinski definition) is 3. The topological polar surface area (TPSA) is 87.5 Å². The second-order valence-electron chi connectivity index (χ2n) is 7.34. The van der Waals surface area contributed by atoms with Crippen molar-refractivity contribution in [2.24, 2.45) is 5.73 Å². The zero-order valence-corrected chi connectivity index (χ0v) is 16.3. The van der Waals surface area contributed by atoms with Gasteiger partial charge in [-0.05, 0) is 36.6 Å². The van der Waals surface area contributed by atoms with E-state index in [1.54, 1.807) is 29.2 Å². The molecule has 1 aliphatic carbocycles. The second kappa shape index (κ2) is 8.63. The molecule has 0 aromatic heterocycles. The van der Waals surface area contributed by atoms with Crippen molar-refractivity contribution in [3.63, 3.8) is 0 Å². The molecule has 28 heavy (non-hydrogen) atoms. The zero-order chi connectivity index (χ0) is 18.8. The lowest BCUT2D eigenvalue weighted by Gasteiger charge is -2.17. The van der Waals surface area contributed by atoms with Gasteiger partial charge in [0.05, 0.1) is 0 Å². The first kappa shape index (κ1) is 20.2. The van der Waals surface area contributed by atoms with Crippen LogP contribution in [0.3, 0.4) is 0 Å². The number of carbonyl (C=O) groups excluding carboxylic acids is 2. The summed E-state index contributed by atoms with van der Waals surface area (Å²) in [6.45, 7) is 1.13. The Balaban J connectivity index is 0.00000225. The van der Waals surface area contributed by atoms with Crippen molar-refractivity contribution in [2.75, 3.05) is 18.4 Å². The molecule has 4 rings (SSSR count). The Morgan fingerprint density at radius 1 is 1.00 bits per heavy atom. The van der Waals surface area contributed by atoms with Gasteiger partial charge in [0.15, 0.2) is 0 Å². The summed E-state index contributed by atoms with van der Waals surface area (Å²) in [4.78, 5) is 26.6. The van der Waals surface area contributed by atoms with Gasteiger partial charge in [0.1, 0.15) is 0 Å². The first-order valence-corrected chi connectivity index (χ1v) is 9.37. The van der Waals surface area contributed by atoms with Gasteiger partial charge in [-0.15, -0.1) is 12.4 Å². The van der Waals surface area contributed by atoms with Gasteiger partial charge in [-0.2, -0.15) is 0 Å². The van der Waals surface area contributed by atoms with E-state index in [2.05, 4.69) is 22.8 Å². The van der Waals surface area contributed by atoms with Crippen molar-refractivity contribution in [3.05, 3.63) is 65.7 Å². The highest BCUT2D eigenvalue weighted by Gasteiger charge is 2.34. The summed E-state index contributed by atoms with van der Waals surface area (Å²) in [5.41, 5.74) is 8.63. The van der Waals surface area contributed by atoms with Crippen LogP contribution < -0.4 is 16.4 Å². The summed E-state index contributed by atoms with van der Waals surface area (Å²) < 4.78 is 0. The standard InChI is InChI=1S/C21H24N4O2.ClH/c22-19-13-25(12-18(19)14-5-2-1-3-6-14)20(26)15-7-4-8-17(11-15)24-21(27)23-16-9-10-16;/h1-8,11,16,18-19H,9-10,12-13,22H2,(H2,23,24,27);1H/t18-,19+;/m0./s1. The Morgan fingerprint density at radius 3 is 2.46 bits per heavy atom. The fourth-order valence-corrected chi connectivity index (χ4v) is 3.54. The molecule has 1 heterocycles. The SMILES string of the molecule is Cl.N[C@@H]1CN(C(=O)c2cccc(NC(=O)NC3CC3)c2)C[C@H]1c1ccccc1. The third-order valence-electron chi connectivity index (χ3n) is 5.16. The number of hydrogen-bond acceptors (Lipinski definition) is 3. The summed E-state index contributed by atoms with van der Waals surface area (Å²) in [6.07, 6.45) is 2.06. The van der Waals surface area contributed by atoms with Crippen LogP contribution >= 0.6 is 12.4 Å². The Kier molecular flexibility index (Phi) is 6.21. The van der Waals surface area contributed by atoms with Gasteiger partial charge in [-0.25, -0.2) is 4.79 Å². The van der Waals surface area contributed by atoms with Crippen LogP contribution in [-0.2, 0) is 0 Å². The maximum atomic E-state index is 12.9. The largest absolute Gasteiger partial charge is 0.336 e. The minimum atomic E-state index is -0.227. The van der Waals surface area contributed by atoms with Crippen molar-refractivity contribution < 1.29 is 9.59 Å². The molecule has 0 bridgehead atoms. The molecule has 0 unspecified atom stereocenters. The second-order valence-corrected chi connectivity index (χ2v) is 7.34. The number of nitrogens with zero attached hydrogens (tertiary/aromatic N) is 1. The van der Waals surface area contributed by atoms with Crippen LogP contribution in [0.1, 0.15) is 34.7 Å². The lowest BCUT2D eigenvalue weighted by Crippen LogP contribution is -2.32. The van der Waals surface area contributed by atoms with E-state index < -0.39 is 0 Å². The molecule has 3 amide bonds. The Bertz CT molecular complexity index is 841. The molecule has 2 fully saturated rings. The van der Waals surface area contributed by atoms with Gasteiger partial charge < -0.3 is 21.3 Å². The quantitative estimate of drug-likeness (QED) is 0.737. The summed E-state index contributed by atoms with van der Waals surface area (Å²) in [5.74, 6) is 0.0795. The fraction of sp³-hybridized carbons (Fsp3) is 0.333. The number of amides is 3. The number of rotatable bonds is 4. The van der Waals surface area contributed by atoms with Crippen molar-refractivity contribution in [1.82, 2.24) is 10.2 Å². The number of urea groups is 1. The van der Waals surface area contributed by atoms with E-state index in [9.17, 15) is 9.59 Å². The number of anilines is 1. The molecule has 2 atom stereocenters. The van der Waals surface area contributed by atoms with Gasteiger partial charge in [-0.1, -0.05) is 36.4 Å². The third-order valence-corrected chi connectivity index (χ3v) is 5.16. The van der Waals surface area contributed by atoms with Crippen LogP contribution in [0.4, 0.5) is 10.5 Å². The van der Waals surface area contributed by atoms with E-state index in [-0.39, 0.29) is 42.3 Å². The molecule has 6 nitrogen and oxygen atoms in total. The molecule has 148 valence electrons. The number of likely N-dealkylation sites (tertiary alicyclic amines) is 1. The van der Waals surface area contributed by atoms with Crippen LogP contribution in [0.2, 0.25) is 0 Å². The average Bonchev–Trinajstić information content (AvgIpc) is 3.40. The lowest BCUT2D eigenvalue weighted by molar-refractivity contribution is 0.0789. The molecule has 0 radical (unpaired) electrons. The molecular formula is C21H25ClN4O2. The summed E-state index contributed by atoms with van der Waals surface area (Å²) in [5, 5.41) is 5.67. The van der Waals surface area contributed by atoms with E-state index in [4.69, 9.17) is 5.73 Å². The monoisotopic (exact) mass is 400 g/mol. The van der Waals surface area contributed by atoms with E-state index >= 15 is 0 Å². The number of nitrogens with one attached hydrogen (secondary N) is 2. The van der Waals surface area contributed by atoms with E-state index in [0.717, 1.165) is 18.4 Å². The minimum absolute atomic E-state index is 0. The summed E-state index contributed by atoms with van der Waals surface area (Å²) in [6, 6.07) is 17.1. The first-order chi connectivity index (χ1) is 13.1. The summed E-state index contributed by atoms with van der Waals surface area (Å²) in [7, 11) is 0. The van der Waals surface area contributed by atoms with Gasteiger partial charge >= 0.3 is 6.03 Å². The smallest absolute Gasteiger partial charge is 0.319 e. The van der Waals surface area contributed by atoms with Gasteiger partial charge in [-0.3, -0.25) is 4.79 Å². The normalized spacial score (nSPS) is 21.0. The molecule has 1 saturated carbocycles. The number of benzene rings is 2. The van der Waals surface area contributed by atoms with Crippen LogP contribution in [-0.4, -0.2) is 42.0 Å². The molecule has 2 aromatic rings. The van der Waals surface area contributed by atoms with Crippen molar-refractivity contribution in [2.45, 2.75) is 30.8 Å². The van der Waals surface area contributed by atoms with Crippen molar-refractivity contribution >= 4 is 30.0 Å². The van der Waals surface area contributed by atoms with Crippen LogP contribution in [0, 0.1) is 0 Å². The highest BCUT2D eigenvalue weighted by Crippen LogP contribution is 2.27. The molecule has 4 N–H and O–H groups in total. The predicted octanol–water partition coefficient (Wildman–Crippen LogP) is 2.96. The van der Waals surface area contributed by atoms with Gasteiger partial charge in [0.25, 0.3) is 5.91 Å². The number of halogens is 1.